The molecular weight excluding hydrogens is 334 g/mol. The van der Waals surface area contributed by atoms with Gasteiger partial charge in [-0.25, -0.2) is 4.79 Å². The maximum absolute atomic E-state index is 12.8. The monoisotopic (exact) mass is 351 g/mol. The number of carbonyl (C=O) groups excluding carboxylic acids is 1. The van der Waals surface area contributed by atoms with Gasteiger partial charge in [0.05, 0.1) is 11.3 Å². The molecule has 1 aliphatic carbocycles. The zero-order valence-corrected chi connectivity index (χ0v) is 15.1. The number of esters is 1. The number of hydrogen-bond donors (Lipinski definition) is 0. The van der Waals surface area contributed by atoms with Crippen LogP contribution < -0.4 is 0 Å². The Kier molecular flexibility index (Phi) is 3.37. The number of nitrogens with zero attached hydrogens (tertiary/aromatic N) is 1. The highest BCUT2D eigenvalue weighted by molar-refractivity contribution is 6.14. The van der Waals surface area contributed by atoms with Gasteiger partial charge in [0.25, 0.3) is 0 Å². The van der Waals surface area contributed by atoms with E-state index in [-0.39, 0.29) is 5.97 Å². The molecule has 0 spiro atoms. The van der Waals surface area contributed by atoms with Crippen LogP contribution in [0.25, 0.3) is 22.6 Å². The molecule has 0 unspecified atom stereocenters. The third-order valence-corrected chi connectivity index (χ3v) is 5.29. The van der Waals surface area contributed by atoms with Crippen LogP contribution in [0, 0.1) is 13.8 Å². The fourth-order valence-corrected chi connectivity index (χ4v) is 3.75. The van der Waals surface area contributed by atoms with Gasteiger partial charge in [-0.15, -0.1) is 0 Å². The molecule has 0 atom stereocenters. The molecule has 0 bridgehead atoms. The molecule has 0 amide bonds. The van der Waals surface area contributed by atoms with Crippen molar-refractivity contribution in [2.24, 2.45) is 0 Å². The second kappa shape index (κ2) is 5.78. The Morgan fingerprint density at radius 3 is 2.44 bits per heavy atom. The Morgan fingerprint density at radius 1 is 0.852 bits per heavy atom. The minimum Gasteiger partial charge on any atom is -0.422 e. The molecule has 2 aliphatic rings. The van der Waals surface area contributed by atoms with Crippen LogP contribution in [0.4, 0.5) is 0 Å². The number of hydrogen-bond acceptors (Lipinski definition) is 3. The maximum Gasteiger partial charge on any atom is 0.344 e. The SMILES string of the molecule is Cc1ccc(C2=CC(=C3c4ccccc4-c4ncccc43)C(=O)O2)cc1C. The van der Waals surface area contributed by atoms with Crippen molar-refractivity contribution < 1.29 is 9.53 Å². The minimum atomic E-state index is -0.315. The molecule has 0 saturated heterocycles. The van der Waals surface area contributed by atoms with Gasteiger partial charge in [0.2, 0.25) is 0 Å². The molecule has 2 aromatic carbocycles. The van der Waals surface area contributed by atoms with Gasteiger partial charge in [-0.2, -0.15) is 0 Å². The van der Waals surface area contributed by atoms with Crippen LogP contribution in [-0.2, 0) is 9.53 Å². The van der Waals surface area contributed by atoms with Crippen molar-refractivity contribution in [1.82, 2.24) is 4.98 Å². The fraction of sp³-hybridized carbons (Fsp3) is 0.0833. The lowest BCUT2D eigenvalue weighted by molar-refractivity contribution is -0.130. The van der Waals surface area contributed by atoms with E-state index in [0.29, 0.717) is 11.3 Å². The Bertz CT molecular complexity index is 1140. The number of cyclic esters (lactones) is 1. The summed E-state index contributed by atoms with van der Waals surface area (Å²) in [7, 11) is 0. The van der Waals surface area contributed by atoms with E-state index >= 15 is 0 Å². The minimum absolute atomic E-state index is 0.315. The predicted molar refractivity (Wildman–Crippen MR) is 106 cm³/mol. The molecule has 130 valence electrons. The summed E-state index contributed by atoms with van der Waals surface area (Å²) in [4.78, 5) is 17.3. The van der Waals surface area contributed by atoms with Gasteiger partial charge in [0.1, 0.15) is 5.76 Å². The number of benzene rings is 2. The van der Waals surface area contributed by atoms with E-state index < -0.39 is 0 Å². The van der Waals surface area contributed by atoms with Gasteiger partial charge in [-0.3, -0.25) is 4.98 Å². The summed E-state index contributed by atoms with van der Waals surface area (Å²) < 4.78 is 5.64. The first-order chi connectivity index (χ1) is 13.1. The zero-order valence-electron chi connectivity index (χ0n) is 15.1. The van der Waals surface area contributed by atoms with Gasteiger partial charge in [-0.1, -0.05) is 42.5 Å². The zero-order chi connectivity index (χ0) is 18.5. The number of aromatic nitrogens is 1. The van der Waals surface area contributed by atoms with E-state index in [1.807, 2.05) is 48.5 Å². The maximum atomic E-state index is 12.8. The molecule has 0 saturated carbocycles. The first-order valence-corrected chi connectivity index (χ1v) is 8.94. The van der Waals surface area contributed by atoms with E-state index in [0.717, 1.165) is 33.5 Å². The van der Waals surface area contributed by atoms with Crippen LogP contribution >= 0.6 is 0 Å². The van der Waals surface area contributed by atoms with Gasteiger partial charge in [-0.05, 0) is 48.7 Å². The lowest BCUT2D eigenvalue weighted by Gasteiger charge is -2.05. The smallest absolute Gasteiger partial charge is 0.344 e. The van der Waals surface area contributed by atoms with Crippen LogP contribution in [0.5, 0.6) is 0 Å². The number of rotatable bonds is 1. The summed E-state index contributed by atoms with van der Waals surface area (Å²) in [6.45, 7) is 4.13. The average Bonchev–Trinajstić information content (AvgIpc) is 3.22. The van der Waals surface area contributed by atoms with Gasteiger partial charge in [0, 0.05) is 28.5 Å². The summed E-state index contributed by atoms with van der Waals surface area (Å²) in [5, 5.41) is 0. The number of aryl methyl sites for hydroxylation is 2. The molecule has 0 N–H and O–H groups in total. The Balaban J connectivity index is 1.73. The Labute approximate surface area is 157 Å². The number of ether oxygens (including phenoxy) is 1. The molecule has 3 nitrogen and oxygen atoms in total. The molecule has 2 heterocycles. The second-order valence-corrected chi connectivity index (χ2v) is 6.93. The van der Waals surface area contributed by atoms with Crippen molar-refractivity contribution in [3.63, 3.8) is 0 Å². The molecule has 3 heteroatoms. The number of carbonyl (C=O) groups is 1. The van der Waals surface area contributed by atoms with Crippen molar-refractivity contribution in [3.05, 3.63) is 100 Å². The highest BCUT2D eigenvalue weighted by Crippen LogP contribution is 2.46. The van der Waals surface area contributed by atoms with Crippen molar-refractivity contribution in [2.45, 2.75) is 13.8 Å². The van der Waals surface area contributed by atoms with Crippen LogP contribution in [0.1, 0.15) is 27.8 Å². The summed E-state index contributed by atoms with van der Waals surface area (Å²) in [6, 6.07) is 18.1. The van der Waals surface area contributed by atoms with Crippen molar-refractivity contribution in [2.75, 3.05) is 0 Å². The number of pyridine rings is 1. The summed E-state index contributed by atoms with van der Waals surface area (Å²) in [5.74, 6) is 0.283. The summed E-state index contributed by atoms with van der Waals surface area (Å²) in [5.41, 5.74) is 8.75. The van der Waals surface area contributed by atoms with Crippen LogP contribution in [0.15, 0.2) is 72.4 Å². The second-order valence-electron chi connectivity index (χ2n) is 6.93. The third kappa shape index (κ3) is 2.36. The third-order valence-electron chi connectivity index (χ3n) is 5.29. The quantitative estimate of drug-likeness (QED) is 0.355. The van der Waals surface area contributed by atoms with E-state index in [1.165, 1.54) is 11.1 Å². The first kappa shape index (κ1) is 15.8. The first-order valence-electron chi connectivity index (χ1n) is 8.94. The van der Waals surface area contributed by atoms with Gasteiger partial charge >= 0.3 is 5.97 Å². The van der Waals surface area contributed by atoms with E-state index in [2.05, 4.69) is 31.0 Å². The molecule has 5 rings (SSSR count). The number of fused-ring (bicyclic) bond motifs is 3. The largest absolute Gasteiger partial charge is 0.422 e. The highest BCUT2D eigenvalue weighted by atomic mass is 16.5. The molecule has 3 aromatic rings. The summed E-state index contributed by atoms with van der Waals surface area (Å²) in [6.07, 6.45) is 3.65. The standard InChI is InChI=1S/C24H17NO2/c1-14-9-10-16(12-15(14)2)21-13-20(24(26)27-21)22-17-6-3-4-7-18(17)23-19(22)8-5-11-25-23/h3-13H,1-2H3. The molecule has 0 radical (unpaired) electrons. The fourth-order valence-electron chi connectivity index (χ4n) is 3.75. The molecule has 1 aromatic heterocycles. The Hall–Kier alpha value is -3.46. The normalized spacial score (nSPS) is 17.4. The molecular formula is C24H17NO2. The predicted octanol–water partition coefficient (Wildman–Crippen LogP) is 5.08. The molecule has 27 heavy (non-hydrogen) atoms. The Morgan fingerprint density at radius 2 is 1.63 bits per heavy atom. The van der Waals surface area contributed by atoms with Crippen LogP contribution in [0.2, 0.25) is 0 Å². The van der Waals surface area contributed by atoms with E-state index in [9.17, 15) is 4.79 Å². The van der Waals surface area contributed by atoms with Crippen molar-refractivity contribution in [3.8, 4) is 11.3 Å². The topological polar surface area (TPSA) is 39.2 Å². The van der Waals surface area contributed by atoms with Crippen LogP contribution in [-0.4, -0.2) is 11.0 Å². The lowest BCUT2D eigenvalue weighted by Crippen LogP contribution is -2.00. The molecule has 0 fully saturated rings. The van der Waals surface area contributed by atoms with Gasteiger partial charge < -0.3 is 4.74 Å². The van der Waals surface area contributed by atoms with E-state index in [4.69, 9.17) is 4.74 Å². The van der Waals surface area contributed by atoms with Crippen LogP contribution in [0.3, 0.4) is 0 Å². The van der Waals surface area contributed by atoms with Gasteiger partial charge in [0.15, 0.2) is 0 Å². The lowest BCUT2D eigenvalue weighted by atomic mass is 9.98. The van der Waals surface area contributed by atoms with Crippen molar-refractivity contribution in [1.29, 1.82) is 0 Å². The van der Waals surface area contributed by atoms with Crippen molar-refractivity contribution >= 4 is 17.3 Å². The highest BCUT2D eigenvalue weighted by Gasteiger charge is 2.32. The average molecular weight is 351 g/mol. The van der Waals surface area contributed by atoms with E-state index in [1.54, 1.807) is 6.20 Å². The molecule has 1 aliphatic heterocycles. The summed E-state index contributed by atoms with van der Waals surface area (Å²) >= 11 is 0.